The highest BCUT2D eigenvalue weighted by Gasteiger charge is 2.14. The Balaban J connectivity index is 1.58. The zero-order valence-electron chi connectivity index (χ0n) is 12.3. The summed E-state index contributed by atoms with van der Waals surface area (Å²) in [7, 11) is 2.21. The Kier molecular flexibility index (Phi) is 6.64. The van der Waals surface area contributed by atoms with E-state index in [1.54, 1.807) is 0 Å². The number of rotatable bonds is 7. The maximum absolute atomic E-state index is 5.92. The lowest BCUT2D eigenvalue weighted by Gasteiger charge is -2.27. The molecule has 112 valence electrons. The van der Waals surface area contributed by atoms with Crippen molar-refractivity contribution in [1.29, 1.82) is 0 Å². The fourth-order valence-electron chi connectivity index (χ4n) is 2.68. The number of hydrogen-bond donors (Lipinski definition) is 1. The van der Waals surface area contributed by atoms with Gasteiger partial charge in [-0.3, -0.25) is 0 Å². The standard InChI is InChI=1S/C16H25ClN2O/c1-19(13-14-6-8-18-9-7-14)10-3-11-20-16-5-2-4-15(17)12-16/h2,4-5,12,14,18H,3,6-11,13H2,1H3. The van der Waals surface area contributed by atoms with E-state index in [1.807, 2.05) is 24.3 Å². The Morgan fingerprint density at radius 2 is 2.15 bits per heavy atom. The molecule has 0 unspecified atom stereocenters. The predicted molar refractivity (Wildman–Crippen MR) is 84.7 cm³/mol. The van der Waals surface area contributed by atoms with Gasteiger partial charge in [0.05, 0.1) is 6.61 Å². The quantitative estimate of drug-likeness (QED) is 0.783. The molecule has 1 heterocycles. The van der Waals surface area contributed by atoms with Crippen LogP contribution >= 0.6 is 11.6 Å². The van der Waals surface area contributed by atoms with E-state index < -0.39 is 0 Å². The van der Waals surface area contributed by atoms with Gasteiger partial charge in [0.1, 0.15) is 5.75 Å². The first kappa shape index (κ1) is 15.6. The smallest absolute Gasteiger partial charge is 0.120 e. The van der Waals surface area contributed by atoms with Gasteiger partial charge in [0.2, 0.25) is 0 Å². The van der Waals surface area contributed by atoms with Gasteiger partial charge in [-0.05, 0) is 63.5 Å². The van der Waals surface area contributed by atoms with Crippen LogP contribution in [-0.4, -0.2) is 44.7 Å². The first-order valence-corrected chi connectivity index (χ1v) is 7.89. The highest BCUT2D eigenvalue weighted by molar-refractivity contribution is 6.30. The summed E-state index contributed by atoms with van der Waals surface area (Å²) in [6, 6.07) is 7.59. The van der Waals surface area contributed by atoms with E-state index in [9.17, 15) is 0 Å². The minimum atomic E-state index is 0.727. The second-order valence-corrected chi connectivity index (χ2v) is 6.05. The molecule has 0 bridgehead atoms. The molecule has 1 aromatic rings. The highest BCUT2D eigenvalue weighted by atomic mass is 35.5. The normalized spacial score (nSPS) is 16.6. The van der Waals surface area contributed by atoms with Crippen molar-refractivity contribution in [2.75, 3.05) is 39.8 Å². The van der Waals surface area contributed by atoms with Crippen molar-refractivity contribution >= 4 is 11.6 Å². The minimum absolute atomic E-state index is 0.727. The summed E-state index contributed by atoms with van der Waals surface area (Å²) in [6.07, 6.45) is 3.67. The molecule has 4 heteroatoms. The molecule has 0 atom stereocenters. The van der Waals surface area contributed by atoms with E-state index in [0.29, 0.717) is 0 Å². The average Bonchev–Trinajstić information content (AvgIpc) is 2.45. The molecule has 1 aliphatic rings. The SMILES string of the molecule is CN(CCCOc1cccc(Cl)c1)CC1CCNCC1. The molecule has 0 spiro atoms. The van der Waals surface area contributed by atoms with Crippen LogP contribution in [-0.2, 0) is 0 Å². The zero-order valence-corrected chi connectivity index (χ0v) is 13.0. The van der Waals surface area contributed by atoms with Gasteiger partial charge in [0.15, 0.2) is 0 Å². The van der Waals surface area contributed by atoms with Gasteiger partial charge in [-0.25, -0.2) is 0 Å². The van der Waals surface area contributed by atoms with Crippen molar-refractivity contribution in [3.8, 4) is 5.75 Å². The largest absolute Gasteiger partial charge is 0.493 e. The molecule has 0 amide bonds. The number of nitrogens with one attached hydrogen (secondary N) is 1. The van der Waals surface area contributed by atoms with Gasteiger partial charge >= 0.3 is 0 Å². The number of halogens is 1. The summed E-state index contributed by atoms with van der Waals surface area (Å²) in [4.78, 5) is 2.43. The predicted octanol–water partition coefficient (Wildman–Crippen LogP) is 3.04. The lowest BCUT2D eigenvalue weighted by molar-refractivity contribution is 0.218. The van der Waals surface area contributed by atoms with Gasteiger partial charge in [0, 0.05) is 18.1 Å². The molecule has 0 aliphatic carbocycles. The summed E-state index contributed by atoms with van der Waals surface area (Å²) in [5, 5.41) is 4.14. The van der Waals surface area contributed by atoms with Crippen molar-refractivity contribution in [1.82, 2.24) is 10.2 Å². The van der Waals surface area contributed by atoms with Crippen molar-refractivity contribution in [3.63, 3.8) is 0 Å². The van der Waals surface area contributed by atoms with Crippen molar-refractivity contribution in [3.05, 3.63) is 29.3 Å². The van der Waals surface area contributed by atoms with Gasteiger partial charge < -0.3 is 15.0 Å². The van der Waals surface area contributed by atoms with E-state index in [1.165, 1.54) is 32.5 Å². The molecular weight excluding hydrogens is 272 g/mol. The fraction of sp³-hybridized carbons (Fsp3) is 0.625. The molecule has 3 nitrogen and oxygen atoms in total. The van der Waals surface area contributed by atoms with Crippen LogP contribution in [0.1, 0.15) is 19.3 Å². The van der Waals surface area contributed by atoms with E-state index in [-0.39, 0.29) is 0 Å². The van der Waals surface area contributed by atoms with Crippen LogP contribution in [0.3, 0.4) is 0 Å². The molecule has 1 aromatic carbocycles. The van der Waals surface area contributed by atoms with Gasteiger partial charge in [-0.2, -0.15) is 0 Å². The second kappa shape index (κ2) is 8.50. The van der Waals surface area contributed by atoms with Crippen molar-refractivity contribution in [2.45, 2.75) is 19.3 Å². The summed E-state index contributed by atoms with van der Waals surface area (Å²) < 4.78 is 5.71. The Labute approximate surface area is 127 Å². The van der Waals surface area contributed by atoms with Crippen LogP contribution in [0.4, 0.5) is 0 Å². The Hall–Kier alpha value is -0.770. The molecule has 0 aromatic heterocycles. The third-order valence-electron chi connectivity index (χ3n) is 3.78. The third-order valence-corrected chi connectivity index (χ3v) is 4.01. The fourth-order valence-corrected chi connectivity index (χ4v) is 2.86. The van der Waals surface area contributed by atoms with E-state index in [0.717, 1.165) is 36.3 Å². The van der Waals surface area contributed by atoms with Crippen molar-refractivity contribution in [2.24, 2.45) is 5.92 Å². The maximum Gasteiger partial charge on any atom is 0.120 e. The van der Waals surface area contributed by atoms with Crippen LogP contribution in [0.25, 0.3) is 0 Å². The van der Waals surface area contributed by atoms with Gasteiger partial charge in [-0.15, -0.1) is 0 Å². The average molecular weight is 297 g/mol. The molecular formula is C16H25ClN2O. The number of piperidine rings is 1. The van der Waals surface area contributed by atoms with Crippen LogP contribution in [0.5, 0.6) is 5.75 Å². The molecule has 1 saturated heterocycles. The lowest BCUT2D eigenvalue weighted by atomic mass is 9.98. The molecule has 0 radical (unpaired) electrons. The van der Waals surface area contributed by atoms with Crippen LogP contribution in [0.15, 0.2) is 24.3 Å². The highest BCUT2D eigenvalue weighted by Crippen LogP contribution is 2.17. The zero-order chi connectivity index (χ0) is 14.2. The van der Waals surface area contributed by atoms with Crippen LogP contribution < -0.4 is 10.1 Å². The monoisotopic (exact) mass is 296 g/mol. The lowest BCUT2D eigenvalue weighted by Crippen LogP contribution is -2.35. The third kappa shape index (κ3) is 5.70. The van der Waals surface area contributed by atoms with E-state index in [2.05, 4.69) is 17.3 Å². The number of benzene rings is 1. The second-order valence-electron chi connectivity index (χ2n) is 5.62. The summed E-state index contributed by atoms with van der Waals surface area (Å²) in [5.41, 5.74) is 0. The molecule has 20 heavy (non-hydrogen) atoms. The van der Waals surface area contributed by atoms with E-state index >= 15 is 0 Å². The number of ether oxygens (including phenoxy) is 1. The Morgan fingerprint density at radius 3 is 2.90 bits per heavy atom. The van der Waals surface area contributed by atoms with Crippen LogP contribution in [0.2, 0.25) is 5.02 Å². The molecule has 1 fully saturated rings. The van der Waals surface area contributed by atoms with Gasteiger partial charge in [0.25, 0.3) is 0 Å². The maximum atomic E-state index is 5.92. The number of hydrogen-bond acceptors (Lipinski definition) is 3. The number of nitrogens with zero attached hydrogens (tertiary/aromatic N) is 1. The topological polar surface area (TPSA) is 24.5 Å². The Bertz CT molecular complexity index is 394. The first-order valence-electron chi connectivity index (χ1n) is 7.51. The van der Waals surface area contributed by atoms with E-state index in [4.69, 9.17) is 16.3 Å². The molecule has 1 N–H and O–H groups in total. The molecule has 0 saturated carbocycles. The van der Waals surface area contributed by atoms with Gasteiger partial charge in [-0.1, -0.05) is 17.7 Å². The van der Waals surface area contributed by atoms with Crippen molar-refractivity contribution < 1.29 is 4.74 Å². The summed E-state index contributed by atoms with van der Waals surface area (Å²) in [6.45, 7) is 5.40. The Morgan fingerprint density at radius 1 is 1.35 bits per heavy atom. The first-order chi connectivity index (χ1) is 9.74. The molecule has 1 aliphatic heterocycles. The summed E-state index contributed by atoms with van der Waals surface area (Å²) >= 11 is 5.92. The van der Waals surface area contributed by atoms with Crippen LogP contribution in [0, 0.1) is 5.92 Å². The molecule has 2 rings (SSSR count). The summed E-state index contributed by atoms with van der Waals surface area (Å²) in [5.74, 6) is 1.72. The minimum Gasteiger partial charge on any atom is -0.493 e.